The van der Waals surface area contributed by atoms with E-state index in [1.807, 2.05) is 70.2 Å². The third kappa shape index (κ3) is 7.01. The van der Waals surface area contributed by atoms with Crippen molar-refractivity contribution in [2.24, 2.45) is 5.92 Å². The lowest BCUT2D eigenvalue weighted by Gasteiger charge is -2.34. The van der Waals surface area contributed by atoms with Crippen LogP contribution in [0.15, 0.2) is 42.5 Å². The average molecular weight is 490 g/mol. The molecule has 2 aromatic rings. The molecule has 0 aliphatic carbocycles. The van der Waals surface area contributed by atoms with E-state index in [4.69, 9.17) is 4.74 Å². The third-order valence-corrected chi connectivity index (χ3v) is 7.69. The van der Waals surface area contributed by atoms with Gasteiger partial charge in [0.1, 0.15) is 6.04 Å². The van der Waals surface area contributed by atoms with Crippen LogP contribution >= 0.6 is 0 Å². The summed E-state index contributed by atoms with van der Waals surface area (Å²) < 4.78 is 32.4. The Balaban J connectivity index is 1.53. The normalized spacial score (nSPS) is 20.3. The Hall–Kier alpha value is -2.49. The minimum absolute atomic E-state index is 0.0228. The van der Waals surface area contributed by atoms with Crippen LogP contribution in [0, 0.1) is 5.92 Å². The molecule has 0 radical (unpaired) electrons. The van der Waals surface area contributed by atoms with E-state index in [1.165, 1.54) is 4.31 Å². The quantitative estimate of drug-likeness (QED) is 0.561. The molecule has 1 saturated heterocycles. The Morgan fingerprint density at radius 2 is 1.71 bits per heavy atom. The molecule has 8 nitrogen and oxygen atoms in total. The second-order valence-corrected chi connectivity index (χ2v) is 11.4. The van der Waals surface area contributed by atoms with Crippen LogP contribution in [0.25, 0.3) is 10.8 Å². The zero-order valence-corrected chi connectivity index (χ0v) is 21.1. The number of fused-ring (bicyclic) bond motifs is 1. The van der Waals surface area contributed by atoms with Crippen LogP contribution < -0.4 is 10.6 Å². The van der Waals surface area contributed by atoms with Crippen molar-refractivity contribution in [2.75, 3.05) is 25.4 Å². The minimum atomic E-state index is -3.52. The van der Waals surface area contributed by atoms with E-state index in [-0.39, 0.29) is 48.7 Å². The van der Waals surface area contributed by atoms with Gasteiger partial charge in [-0.25, -0.2) is 8.42 Å². The molecule has 2 amide bonds. The Morgan fingerprint density at radius 3 is 2.35 bits per heavy atom. The van der Waals surface area contributed by atoms with Gasteiger partial charge in [-0.1, -0.05) is 56.3 Å². The standard InChI is InChI=1S/C25H35N3O5S/c1-17(2)24(27-23(29)14-20-9-10-21-7-5-6-8-22(21)13-20)25(30)26-11-12-34(31,32)28-15-18(3)33-19(4)16-28/h5-10,13,17-19,24H,11-12,14-16H2,1-4H3,(H,26,30)(H,27,29). The molecule has 1 fully saturated rings. The van der Waals surface area contributed by atoms with Crippen LogP contribution in [0.3, 0.4) is 0 Å². The number of hydrogen-bond donors (Lipinski definition) is 2. The summed E-state index contributed by atoms with van der Waals surface area (Å²) in [5.74, 6) is -1.000. The molecule has 9 heteroatoms. The van der Waals surface area contributed by atoms with Gasteiger partial charge in [-0.3, -0.25) is 9.59 Å². The number of sulfonamides is 1. The van der Waals surface area contributed by atoms with E-state index < -0.39 is 16.1 Å². The fraction of sp³-hybridized carbons (Fsp3) is 0.520. The van der Waals surface area contributed by atoms with E-state index in [1.54, 1.807) is 0 Å². The summed E-state index contributed by atoms with van der Waals surface area (Å²) in [5, 5.41) is 7.64. The first-order chi connectivity index (χ1) is 16.0. The summed E-state index contributed by atoms with van der Waals surface area (Å²) >= 11 is 0. The number of morpholine rings is 1. The molecule has 1 aliphatic heterocycles. The first-order valence-electron chi connectivity index (χ1n) is 11.7. The van der Waals surface area contributed by atoms with Gasteiger partial charge in [-0.15, -0.1) is 0 Å². The van der Waals surface area contributed by atoms with Gasteiger partial charge in [0, 0.05) is 19.6 Å². The van der Waals surface area contributed by atoms with Crippen LogP contribution in [0.4, 0.5) is 0 Å². The van der Waals surface area contributed by atoms with Gasteiger partial charge in [-0.2, -0.15) is 4.31 Å². The number of nitrogens with zero attached hydrogens (tertiary/aromatic N) is 1. The molecule has 3 unspecified atom stereocenters. The fourth-order valence-electron chi connectivity index (χ4n) is 4.19. The highest BCUT2D eigenvalue weighted by Crippen LogP contribution is 2.17. The summed E-state index contributed by atoms with van der Waals surface area (Å²) in [4.78, 5) is 25.4. The molecule has 186 valence electrons. The smallest absolute Gasteiger partial charge is 0.242 e. The number of amides is 2. The van der Waals surface area contributed by atoms with E-state index in [2.05, 4.69) is 10.6 Å². The van der Waals surface area contributed by atoms with Crippen molar-refractivity contribution < 1.29 is 22.7 Å². The number of hydrogen-bond acceptors (Lipinski definition) is 5. The maximum Gasteiger partial charge on any atom is 0.242 e. The van der Waals surface area contributed by atoms with Gasteiger partial charge < -0.3 is 15.4 Å². The molecule has 0 saturated carbocycles. The lowest BCUT2D eigenvalue weighted by Crippen LogP contribution is -2.52. The van der Waals surface area contributed by atoms with Crippen molar-refractivity contribution in [1.29, 1.82) is 0 Å². The summed E-state index contributed by atoms with van der Waals surface area (Å²) in [6, 6.07) is 13.0. The van der Waals surface area contributed by atoms with Crippen molar-refractivity contribution in [3.8, 4) is 0 Å². The Morgan fingerprint density at radius 1 is 1.06 bits per heavy atom. The highest BCUT2D eigenvalue weighted by atomic mass is 32.2. The first-order valence-corrected chi connectivity index (χ1v) is 13.3. The van der Waals surface area contributed by atoms with E-state index in [0.717, 1.165) is 16.3 Å². The molecule has 1 heterocycles. The zero-order chi connectivity index (χ0) is 24.9. The summed E-state index contributed by atoms with van der Waals surface area (Å²) in [7, 11) is -3.52. The zero-order valence-electron chi connectivity index (χ0n) is 20.3. The van der Waals surface area contributed by atoms with Crippen molar-refractivity contribution >= 4 is 32.6 Å². The Bertz CT molecular complexity index is 1110. The van der Waals surface area contributed by atoms with Gasteiger partial charge >= 0.3 is 0 Å². The van der Waals surface area contributed by atoms with Crippen LogP contribution in [0.5, 0.6) is 0 Å². The van der Waals surface area contributed by atoms with Crippen LogP contribution in [0.2, 0.25) is 0 Å². The minimum Gasteiger partial charge on any atom is -0.373 e. The number of rotatable bonds is 9. The lowest BCUT2D eigenvalue weighted by atomic mass is 10.0. The molecular formula is C25H35N3O5S. The van der Waals surface area contributed by atoms with E-state index in [0.29, 0.717) is 13.1 Å². The number of carbonyl (C=O) groups excluding carboxylic acids is 2. The molecule has 1 aliphatic rings. The number of carbonyl (C=O) groups is 2. The maximum absolute atomic E-state index is 12.8. The van der Waals surface area contributed by atoms with Gasteiger partial charge in [0.05, 0.1) is 24.4 Å². The molecule has 0 aromatic heterocycles. The summed E-state index contributed by atoms with van der Waals surface area (Å²) in [5.41, 5.74) is 0.860. The van der Waals surface area contributed by atoms with Crippen molar-refractivity contribution in [3.63, 3.8) is 0 Å². The van der Waals surface area contributed by atoms with Gasteiger partial charge in [-0.05, 0) is 36.1 Å². The van der Waals surface area contributed by atoms with Gasteiger partial charge in [0.25, 0.3) is 0 Å². The number of ether oxygens (including phenoxy) is 1. The fourth-order valence-corrected chi connectivity index (χ4v) is 5.69. The summed E-state index contributed by atoms with van der Waals surface area (Å²) in [6.07, 6.45) is -0.184. The molecule has 0 bridgehead atoms. The largest absolute Gasteiger partial charge is 0.373 e. The Labute approximate surface area is 202 Å². The average Bonchev–Trinajstić information content (AvgIpc) is 2.76. The van der Waals surface area contributed by atoms with E-state index in [9.17, 15) is 18.0 Å². The van der Waals surface area contributed by atoms with Crippen LogP contribution in [-0.4, -0.2) is 68.2 Å². The molecular weight excluding hydrogens is 454 g/mol. The topological polar surface area (TPSA) is 105 Å². The Kier molecular flexibility index (Phi) is 8.67. The first kappa shape index (κ1) is 26.1. The second-order valence-electron chi connectivity index (χ2n) is 9.33. The molecule has 0 spiro atoms. The monoisotopic (exact) mass is 489 g/mol. The summed E-state index contributed by atoms with van der Waals surface area (Å²) in [6.45, 7) is 7.95. The van der Waals surface area contributed by atoms with Crippen molar-refractivity contribution in [2.45, 2.75) is 52.4 Å². The maximum atomic E-state index is 12.8. The molecule has 2 aromatic carbocycles. The van der Waals surface area contributed by atoms with E-state index >= 15 is 0 Å². The van der Waals surface area contributed by atoms with Crippen molar-refractivity contribution in [1.82, 2.24) is 14.9 Å². The third-order valence-electron chi connectivity index (χ3n) is 5.88. The number of benzene rings is 2. The predicted molar refractivity (Wildman–Crippen MR) is 133 cm³/mol. The molecule has 2 N–H and O–H groups in total. The van der Waals surface area contributed by atoms with Gasteiger partial charge in [0.15, 0.2) is 0 Å². The van der Waals surface area contributed by atoms with Crippen molar-refractivity contribution in [3.05, 3.63) is 48.0 Å². The van der Waals surface area contributed by atoms with Crippen LogP contribution in [-0.2, 0) is 30.8 Å². The molecule has 34 heavy (non-hydrogen) atoms. The lowest BCUT2D eigenvalue weighted by molar-refractivity contribution is -0.129. The predicted octanol–water partition coefficient (Wildman–Crippen LogP) is 2.08. The highest BCUT2D eigenvalue weighted by Gasteiger charge is 2.31. The van der Waals surface area contributed by atoms with Gasteiger partial charge in [0.2, 0.25) is 21.8 Å². The highest BCUT2D eigenvalue weighted by molar-refractivity contribution is 7.89. The molecule has 3 atom stereocenters. The second kappa shape index (κ2) is 11.3. The molecule has 3 rings (SSSR count). The van der Waals surface area contributed by atoms with Crippen LogP contribution in [0.1, 0.15) is 33.3 Å². The number of nitrogens with one attached hydrogen (secondary N) is 2. The SMILES string of the molecule is CC1CN(S(=O)(=O)CCNC(=O)C(NC(=O)Cc2ccc3ccccc3c2)C(C)C)CC(C)O1.